The summed E-state index contributed by atoms with van der Waals surface area (Å²) in [6.07, 6.45) is 26.3. The molecule has 0 amide bonds. The molecule has 0 saturated heterocycles. The molecule has 0 aromatic rings. The molecule has 0 aromatic heterocycles. The summed E-state index contributed by atoms with van der Waals surface area (Å²) in [6.45, 7) is 14.3. The second kappa shape index (κ2) is 28.1. The van der Waals surface area contributed by atoms with Gasteiger partial charge in [-0.2, -0.15) is 0 Å². The van der Waals surface area contributed by atoms with E-state index in [4.69, 9.17) is 9.47 Å². The molecular weight excluding hydrogens is 496 g/mol. The third-order valence-corrected chi connectivity index (χ3v) is 9.04. The van der Waals surface area contributed by atoms with Gasteiger partial charge in [0, 0.05) is 6.42 Å². The van der Waals surface area contributed by atoms with Gasteiger partial charge < -0.3 is 9.47 Å². The van der Waals surface area contributed by atoms with E-state index >= 15 is 0 Å². The molecule has 0 aliphatic heterocycles. The molecule has 0 aliphatic rings. The highest BCUT2D eigenvalue weighted by molar-refractivity contribution is 5.72. The van der Waals surface area contributed by atoms with Crippen molar-refractivity contribution in [3.8, 4) is 0 Å². The molecule has 238 valence electrons. The van der Waals surface area contributed by atoms with Crippen LogP contribution in [0.4, 0.5) is 0 Å². The van der Waals surface area contributed by atoms with Crippen molar-refractivity contribution < 1.29 is 19.1 Å². The van der Waals surface area contributed by atoms with Crippen LogP contribution in [0.25, 0.3) is 0 Å². The van der Waals surface area contributed by atoms with Crippen molar-refractivity contribution >= 4 is 11.9 Å². The van der Waals surface area contributed by atoms with Crippen molar-refractivity contribution in [1.29, 1.82) is 0 Å². The van der Waals surface area contributed by atoms with Gasteiger partial charge in [-0.1, -0.05) is 151 Å². The summed E-state index contributed by atoms with van der Waals surface area (Å²) in [5, 5.41) is 0. The van der Waals surface area contributed by atoms with E-state index in [2.05, 4.69) is 34.6 Å². The summed E-state index contributed by atoms with van der Waals surface area (Å²) in [4.78, 5) is 24.4. The zero-order chi connectivity index (χ0) is 29.8. The van der Waals surface area contributed by atoms with Crippen LogP contribution in [0.15, 0.2) is 0 Å². The molecule has 0 bridgehead atoms. The highest BCUT2D eigenvalue weighted by atomic mass is 16.5. The lowest BCUT2D eigenvalue weighted by atomic mass is 9.90. The Hall–Kier alpha value is -1.06. The van der Waals surface area contributed by atoms with Gasteiger partial charge in [-0.3, -0.25) is 9.59 Å². The van der Waals surface area contributed by atoms with Crippen molar-refractivity contribution in [1.82, 2.24) is 0 Å². The van der Waals surface area contributed by atoms with Gasteiger partial charge in [0.25, 0.3) is 0 Å². The molecule has 4 unspecified atom stereocenters. The Morgan fingerprint density at radius 1 is 0.525 bits per heavy atom. The number of unbranched alkanes of at least 4 members (excludes halogenated alkanes) is 13. The molecular formula is C36H70O4. The van der Waals surface area contributed by atoms with E-state index in [-0.39, 0.29) is 17.9 Å². The van der Waals surface area contributed by atoms with Crippen LogP contribution in [0.2, 0.25) is 0 Å². The van der Waals surface area contributed by atoms with E-state index in [9.17, 15) is 9.59 Å². The molecule has 4 heteroatoms. The molecule has 0 aliphatic carbocycles. The average Bonchev–Trinajstić information content (AvgIpc) is 2.96. The quantitative estimate of drug-likeness (QED) is 0.0667. The number of rotatable bonds is 29. The molecule has 0 rings (SSSR count). The summed E-state index contributed by atoms with van der Waals surface area (Å²) in [6, 6.07) is 0. The minimum Gasteiger partial charge on any atom is -0.465 e. The van der Waals surface area contributed by atoms with E-state index in [1.807, 2.05) is 6.92 Å². The fraction of sp³-hybridized carbons (Fsp3) is 0.944. The highest BCUT2D eigenvalue weighted by Gasteiger charge is 2.22. The number of esters is 2. The van der Waals surface area contributed by atoms with Gasteiger partial charge >= 0.3 is 11.9 Å². The Balaban J connectivity index is 3.58. The number of ether oxygens (including phenoxy) is 2. The zero-order valence-electron chi connectivity index (χ0n) is 27.9. The SMILES string of the molecule is CCCCC(CC)COC(=O)CCCCCCCCCCCCCCC(C)C(C)C(=O)OCC(CC)CCCC. The monoisotopic (exact) mass is 567 g/mol. The van der Waals surface area contributed by atoms with Gasteiger partial charge in [0.1, 0.15) is 0 Å². The first kappa shape index (κ1) is 38.9. The number of hydrogen-bond acceptors (Lipinski definition) is 4. The molecule has 0 spiro atoms. The third-order valence-electron chi connectivity index (χ3n) is 9.04. The van der Waals surface area contributed by atoms with Crippen LogP contribution in [0.1, 0.15) is 183 Å². The minimum absolute atomic E-state index is 0.000288. The molecule has 0 fully saturated rings. The Bertz CT molecular complexity index is 575. The number of carbonyl (C=O) groups excluding carboxylic acids is 2. The molecule has 4 nitrogen and oxygen atoms in total. The predicted octanol–water partition coefficient (Wildman–Crippen LogP) is 11.2. The lowest BCUT2D eigenvalue weighted by molar-refractivity contribution is -0.151. The van der Waals surface area contributed by atoms with Crippen LogP contribution < -0.4 is 0 Å². The highest BCUT2D eigenvalue weighted by Crippen LogP contribution is 2.22. The van der Waals surface area contributed by atoms with Gasteiger partial charge in [0.2, 0.25) is 0 Å². The average molecular weight is 567 g/mol. The van der Waals surface area contributed by atoms with Crippen LogP contribution in [-0.4, -0.2) is 25.2 Å². The van der Waals surface area contributed by atoms with Crippen molar-refractivity contribution in [2.45, 2.75) is 183 Å². The predicted molar refractivity (Wildman–Crippen MR) is 171 cm³/mol. The Kier molecular flexibility index (Phi) is 27.3. The van der Waals surface area contributed by atoms with E-state index in [0.29, 0.717) is 37.4 Å². The van der Waals surface area contributed by atoms with E-state index < -0.39 is 0 Å². The molecule has 0 saturated carbocycles. The van der Waals surface area contributed by atoms with Crippen molar-refractivity contribution in [2.24, 2.45) is 23.7 Å². The molecule has 0 heterocycles. The largest absolute Gasteiger partial charge is 0.465 e. The van der Waals surface area contributed by atoms with E-state index in [0.717, 1.165) is 32.1 Å². The van der Waals surface area contributed by atoms with Gasteiger partial charge in [-0.05, 0) is 43.4 Å². The summed E-state index contributed by atoms with van der Waals surface area (Å²) in [5.74, 6) is 1.47. The zero-order valence-corrected chi connectivity index (χ0v) is 27.9. The van der Waals surface area contributed by atoms with Crippen molar-refractivity contribution in [3.63, 3.8) is 0 Å². The summed E-state index contributed by atoms with van der Waals surface area (Å²) >= 11 is 0. The Morgan fingerprint density at radius 3 is 1.40 bits per heavy atom. The van der Waals surface area contributed by atoms with E-state index in [1.54, 1.807) is 0 Å². The standard InChI is InChI=1S/C36H70O4/c1-7-11-26-33(9-3)29-39-35(37)28-24-22-20-18-16-14-13-15-17-19-21-23-25-31(5)32(6)36(38)40-30-34(10-4)27-12-8-2/h31-34H,7-30H2,1-6H3. The second-order valence-electron chi connectivity index (χ2n) is 12.7. The molecule has 4 atom stereocenters. The maximum absolute atomic E-state index is 12.5. The maximum Gasteiger partial charge on any atom is 0.308 e. The van der Waals surface area contributed by atoms with E-state index in [1.165, 1.54) is 103 Å². The van der Waals surface area contributed by atoms with Crippen molar-refractivity contribution in [3.05, 3.63) is 0 Å². The normalized spacial score (nSPS) is 14.4. The van der Waals surface area contributed by atoms with Crippen LogP contribution >= 0.6 is 0 Å². The van der Waals surface area contributed by atoms with Crippen LogP contribution in [0.5, 0.6) is 0 Å². The molecule has 0 radical (unpaired) electrons. The molecule has 0 N–H and O–H groups in total. The smallest absolute Gasteiger partial charge is 0.308 e. The Morgan fingerprint density at radius 2 is 0.950 bits per heavy atom. The van der Waals surface area contributed by atoms with Gasteiger partial charge in [-0.15, -0.1) is 0 Å². The van der Waals surface area contributed by atoms with Crippen LogP contribution in [0.3, 0.4) is 0 Å². The maximum atomic E-state index is 12.5. The fourth-order valence-corrected chi connectivity index (χ4v) is 5.40. The first-order chi connectivity index (χ1) is 19.4. The first-order valence-electron chi connectivity index (χ1n) is 17.7. The number of carbonyl (C=O) groups is 2. The molecule has 40 heavy (non-hydrogen) atoms. The first-order valence-corrected chi connectivity index (χ1v) is 17.7. The molecule has 0 aromatic carbocycles. The van der Waals surface area contributed by atoms with Crippen LogP contribution in [0, 0.1) is 23.7 Å². The topological polar surface area (TPSA) is 52.6 Å². The van der Waals surface area contributed by atoms with Crippen LogP contribution in [-0.2, 0) is 19.1 Å². The Labute approximate surface area is 250 Å². The summed E-state index contributed by atoms with van der Waals surface area (Å²) < 4.78 is 11.2. The van der Waals surface area contributed by atoms with Crippen molar-refractivity contribution in [2.75, 3.05) is 13.2 Å². The second-order valence-corrected chi connectivity index (χ2v) is 12.7. The fourth-order valence-electron chi connectivity index (χ4n) is 5.40. The lowest BCUT2D eigenvalue weighted by Crippen LogP contribution is -2.24. The number of hydrogen-bond donors (Lipinski definition) is 0. The lowest BCUT2D eigenvalue weighted by Gasteiger charge is -2.21. The summed E-state index contributed by atoms with van der Waals surface area (Å²) in [7, 11) is 0. The van der Waals surface area contributed by atoms with Gasteiger partial charge in [0.05, 0.1) is 19.1 Å². The van der Waals surface area contributed by atoms with Gasteiger partial charge in [-0.25, -0.2) is 0 Å². The van der Waals surface area contributed by atoms with Gasteiger partial charge in [0.15, 0.2) is 0 Å². The minimum atomic E-state index is -0.000288. The third kappa shape index (κ3) is 22.6. The summed E-state index contributed by atoms with van der Waals surface area (Å²) in [5.41, 5.74) is 0.